The lowest BCUT2D eigenvalue weighted by Crippen LogP contribution is -2.28. The highest BCUT2D eigenvalue weighted by Gasteiger charge is 2.30. The van der Waals surface area contributed by atoms with Crippen LogP contribution < -0.4 is 0 Å². The van der Waals surface area contributed by atoms with Gasteiger partial charge in [-0.1, -0.05) is 10.3 Å². The average molecular weight is 325 g/mol. The zero-order valence-corrected chi connectivity index (χ0v) is 13.7. The molecule has 1 aliphatic rings. The largest absolute Gasteiger partial charge is 0.361 e. The van der Waals surface area contributed by atoms with Crippen molar-refractivity contribution in [1.82, 2.24) is 14.6 Å². The molecule has 8 heteroatoms. The number of hydrogen-bond donors (Lipinski definition) is 0. The van der Waals surface area contributed by atoms with Crippen molar-refractivity contribution in [2.75, 3.05) is 7.05 Å². The number of fused-ring (bicyclic) bond motifs is 1. The summed E-state index contributed by atoms with van der Waals surface area (Å²) in [4.78, 5) is 0.132. The van der Waals surface area contributed by atoms with Gasteiger partial charge in [0.05, 0.1) is 6.54 Å². The monoisotopic (exact) mass is 325 g/mol. The predicted molar refractivity (Wildman–Crippen MR) is 77.8 cm³/mol. The van der Waals surface area contributed by atoms with E-state index in [4.69, 9.17) is 9.05 Å². The van der Waals surface area contributed by atoms with Crippen molar-refractivity contribution in [3.63, 3.8) is 0 Å². The van der Waals surface area contributed by atoms with Crippen molar-refractivity contribution < 1.29 is 17.5 Å². The van der Waals surface area contributed by atoms with Gasteiger partial charge in [0.15, 0.2) is 5.76 Å². The third-order valence-corrected chi connectivity index (χ3v) is 6.09. The van der Waals surface area contributed by atoms with Crippen molar-refractivity contribution in [1.29, 1.82) is 0 Å². The van der Waals surface area contributed by atoms with E-state index in [0.29, 0.717) is 17.1 Å². The highest BCUT2D eigenvalue weighted by molar-refractivity contribution is 7.89. The van der Waals surface area contributed by atoms with Crippen LogP contribution in [0.3, 0.4) is 0 Å². The molecular weight excluding hydrogens is 306 g/mol. The van der Waals surface area contributed by atoms with E-state index in [1.165, 1.54) is 11.4 Å². The van der Waals surface area contributed by atoms with Crippen molar-refractivity contribution in [2.24, 2.45) is 0 Å². The fraction of sp³-hybridized carbons (Fsp3) is 0.571. The molecule has 0 unspecified atom stereocenters. The highest BCUT2D eigenvalue weighted by atomic mass is 32.2. The van der Waals surface area contributed by atoms with Gasteiger partial charge in [-0.2, -0.15) is 4.31 Å². The fourth-order valence-electron chi connectivity index (χ4n) is 2.87. The summed E-state index contributed by atoms with van der Waals surface area (Å²) in [6.45, 7) is 3.40. The van der Waals surface area contributed by atoms with Crippen molar-refractivity contribution >= 4 is 10.0 Å². The summed E-state index contributed by atoms with van der Waals surface area (Å²) in [5.74, 6) is 1.19. The molecule has 0 amide bonds. The summed E-state index contributed by atoms with van der Waals surface area (Å²) >= 11 is 0. The smallest absolute Gasteiger partial charge is 0.248 e. The minimum atomic E-state index is -3.66. The molecule has 2 aromatic rings. The van der Waals surface area contributed by atoms with Crippen LogP contribution >= 0.6 is 0 Å². The predicted octanol–water partition coefficient (Wildman–Crippen LogP) is 1.98. The maximum Gasteiger partial charge on any atom is 0.248 e. The van der Waals surface area contributed by atoms with Crippen molar-refractivity contribution in [2.45, 2.75) is 51.0 Å². The van der Waals surface area contributed by atoms with Gasteiger partial charge in [-0.3, -0.25) is 0 Å². The number of hydrogen-bond acceptors (Lipinski definition) is 6. The molecule has 0 saturated carbocycles. The van der Waals surface area contributed by atoms with Gasteiger partial charge < -0.3 is 9.05 Å². The molecule has 120 valence electrons. The molecule has 0 saturated heterocycles. The zero-order valence-electron chi connectivity index (χ0n) is 12.9. The van der Waals surface area contributed by atoms with Gasteiger partial charge in [-0.05, 0) is 33.1 Å². The molecule has 0 aromatic carbocycles. The Kier molecular flexibility index (Phi) is 3.82. The van der Waals surface area contributed by atoms with Gasteiger partial charge in [-0.25, -0.2) is 8.42 Å². The molecule has 7 nitrogen and oxygen atoms in total. The Labute approximate surface area is 129 Å². The molecule has 0 aliphatic heterocycles. The molecule has 0 spiro atoms. The van der Waals surface area contributed by atoms with Gasteiger partial charge >= 0.3 is 0 Å². The van der Waals surface area contributed by atoms with E-state index in [1.54, 1.807) is 13.8 Å². The number of rotatable bonds is 4. The van der Waals surface area contributed by atoms with Crippen molar-refractivity contribution in [3.8, 4) is 0 Å². The Morgan fingerprint density at radius 3 is 2.55 bits per heavy atom. The first-order chi connectivity index (χ1) is 10.4. The van der Waals surface area contributed by atoms with E-state index >= 15 is 0 Å². The second-order valence-corrected chi connectivity index (χ2v) is 7.63. The van der Waals surface area contributed by atoms with Gasteiger partial charge in [-0.15, -0.1) is 0 Å². The first kappa shape index (κ1) is 15.2. The second kappa shape index (κ2) is 5.51. The van der Waals surface area contributed by atoms with Crippen LogP contribution in [-0.2, 0) is 29.4 Å². The minimum absolute atomic E-state index is 0.132. The summed E-state index contributed by atoms with van der Waals surface area (Å²) in [6, 6.07) is 0. The molecule has 3 rings (SSSR count). The van der Waals surface area contributed by atoms with E-state index in [1.807, 2.05) is 0 Å². The lowest BCUT2D eigenvalue weighted by Gasteiger charge is -2.17. The van der Waals surface area contributed by atoms with E-state index < -0.39 is 10.0 Å². The molecule has 22 heavy (non-hydrogen) atoms. The first-order valence-corrected chi connectivity index (χ1v) is 8.70. The van der Waals surface area contributed by atoms with Gasteiger partial charge in [0.25, 0.3) is 0 Å². The lowest BCUT2D eigenvalue weighted by molar-refractivity contribution is 0.361. The zero-order chi connectivity index (χ0) is 15.9. The molecule has 0 atom stereocenters. The molecule has 0 radical (unpaired) electrons. The fourth-order valence-corrected chi connectivity index (χ4v) is 4.28. The van der Waals surface area contributed by atoms with Crippen LogP contribution in [0, 0.1) is 13.8 Å². The Morgan fingerprint density at radius 1 is 1.14 bits per heavy atom. The molecule has 2 aromatic heterocycles. The standard InChI is InChI=1S/C14H19N3O4S/c1-9-14(10(2)20-15-9)22(18,19)17(3)8-12-11-6-4-5-7-13(11)21-16-12/h4-8H2,1-3H3. The quantitative estimate of drug-likeness (QED) is 0.854. The summed E-state index contributed by atoms with van der Waals surface area (Å²) in [6.07, 6.45) is 3.95. The van der Waals surface area contributed by atoms with E-state index in [9.17, 15) is 8.42 Å². The number of nitrogens with zero attached hydrogens (tertiary/aromatic N) is 3. The molecule has 0 N–H and O–H groups in total. The number of aryl methyl sites for hydroxylation is 3. The molecule has 2 heterocycles. The van der Waals surface area contributed by atoms with Crippen LogP contribution in [0.1, 0.15) is 41.3 Å². The lowest BCUT2D eigenvalue weighted by atomic mass is 9.96. The third kappa shape index (κ3) is 2.46. The normalized spacial score (nSPS) is 15.3. The van der Waals surface area contributed by atoms with Gasteiger partial charge in [0.1, 0.15) is 22.0 Å². The molecule has 1 aliphatic carbocycles. The maximum absolute atomic E-state index is 12.7. The van der Waals surface area contributed by atoms with Crippen LogP contribution in [0.25, 0.3) is 0 Å². The number of aromatic nitrogens is 2. The van der Waals surface area contributed by atoms with Crippen molar-refractivity contribution in [3.05, 3.63) is 28.5 Å². The Morgan fingerprint density at radius 2 is 1.86 bits per heavy atom. The van der Waals surface area contributed by atoms with Gasteiger partial charge in [0, 0.05) is 19.0 Å². The Balaban J connectivity index is 1.88. The summed E-state index contributed by atoms with van der Waals surface area (Å²) in [5, 5.41) is 7.77. The Bertz CT molecular complexity index is 772. The Hall–Kier alpha value is -1.67. The SMILES string of the molecule is Cc1noc(C)c1S(=O)(=O)N(C)Cc1noc2c1CCCC2. The third-order valence-electron chi connectivity index (χ3n) is 4.04. The maximum atomic E-state index is 12.7. The molecular formula is C14H19N3O4S. The summed E-state index contributed by atoms with van der Waals surface area (Å²) in [7, 11) is -2.13. The summed E-state index contributed by atoms with van der Waals surface area (Å²) in [5.41, 5.74) is 2.13. The highest BCUT2D eigenvalue weighted by Crippen LogP contribution is 2.27. The topological polar surface area (TPSA) is 89.4 Å². The van der Waals surface area contributed by atoms with E-state index in [2.05, 4.69) is 10.3 Å². The summed E-state index contributed by atoms with van der Waals surface area (Å²) < 4.78 is 37.0. The number of sulfonamides is 1. The molecule has 0 fully saturated rings. The first-order valence-electron chi connectivity index (χ1n) is 7.26. The minimum Gasteiger partial charge on any atom is -0.361 e. The van der Waals surface area contributed by atoms with Crippen LogP contribution in [0.4, 0.5) is 0 Å². The van der Waals surface area contributed by atoms with Crippen LogP contribution in [-0.4, -0.2) is 30.1 Å². The van der Waals surface area contributed by atoms with E-state index in [0.717, 1.165) is 37.0 Å². The van der Waals surface area contributed by atoms with Crippen LogP contribution in [0.2, 0.25) is 0 Å². The average Bonchev–Trinajstić information content (AvgIpc) is 3.03. The van der Waals surface area contributed by atoms with Crippen LogP contribution in [0.5, 0.6) is 0 Å². The van der Waals surface area contributed by atoms with E-state index in [-0.39, 0.29) is 11.4 Å². The second-order valence-electron chi connectivity index (χ2n) is 5.65. The molecule has 0 bridgehead atoms. The van der Waals surface area contributed by atoms with Gasteiger partial charge in [0.2, 0.25) is 10.0 Å². The van der Waals surface area contributed by atoms with Crippen LogP contribution in [0.15, 0.2) is 13.9 Å².